The number of benzene rings is 2. The molecule has 0 radical (unpaired) electrons. The Morgan fingerprint density at radius 3 is 2.84 bits per heavy atom. The highest BCUT2D eigenvalue weighted by Crippen LogP contribution is 2.26. The molecule has 1 aromatic heterocycles. The fourth-order valence-electron chi connectivity index (χ4n) is 2.04. The number of aromatic amines is 1. The minimum Gasteiger partial charge on any atom is -0.338 e. The second-order valence-electron chi connectivity index (χ2n) is 4.23. The van der Waals surface area contributed by atoms with Crippen molar-refractivity contribution in [3.8, 4) is 11.4 Å². The monoisotopic (exact) mass is 319 g/mol. The maximum Gasteiger partial charge on any atom is 0.138 e. The summed E-state index contributed by atoms with van der Waals surface area (Å²) in [6, 6.07) is 10.6. The normalized spacial score (nSPS) is 11.1. The van der Waals surface area contributed by atoms with Gasteiger partial charge in [0.15, 0.2) is 0 Å². The van der Waals surface area contributed by atoms with Crippen molar-refractivity contribution < 1.29 is 4.39 Å². The number of imidazole rings is 1. The number of para-hydroxylation sites is 1. The maximum absolute atomic E-state index is 13.2. The van der Waals surface area contributed by atoms with Crippen LogP contribution in [0.4, 0.5) is 4.39 Å². The van der Waals surface area contributed by atoms with E-state index in [1.165, 1.54) is 6.07 Å². The highest BCUT2D eigenvalue weighted by molar-refractivity contribution is 9.10. The van der Waals surface area contributed by atoms with E-state index in [-0.39, 0.29) is 5.82 Å². The summed E-state index contributed by atoms with van der Waals surface area (Å²) in [5.74, 6) is 0.416. The molecule has 0 saturated carbocycles. The van der Waals surface area contributed by atoms with E-state index in [2.05, 4.69) is 25.9 Å². The molecule has 0 fully saturated rings. The van der Waals surface area contributed by atoms with Gasteiger partial charge in [-0.05, 0) is 45.8 Å². The second kappa shape index (κ2) is 4.75. The number of rotatable bonds is 2. The lowest BCUT2D eigenvalue weighted by Crippen LogP contribution is -1.96. The third-order valence-electron chi connectivity index (χ3n) is 3.01. The van der Waals surface area contributed by atoms with Crippen molar-refractivity contribution in [3.05, 3.63) is 52.3 Å². The molecule has 96 valence electrons. The summed E-state index contributed by atoms with van der Waals surface area (Å²) in [7, 11) is 0. The average molecular weight is 320 g/mol. The van der Waals surface area contributed by atoms with Crippen LogP contribution in [0, 0.1) is 5.82 Å². The van der Waals surface area contributed by atoms with E-state index < -0.39 is 0 Å². The van der Waals surface area contributed by atoms with Crippen LogP contribution in [-0.2, 0) is 6.54 Å². The lowest BCUT2D eigenvalue weighted by molar-refractivity contribution is 0.621. The highest BCUT2D eigenvalue weighted by atomic mass is 79.9. The van der Waals surface area contributed by atoms with Gasteiger partial charge in [-0.1, -0.05) is 12.1 Å². The highest BCUT2D eigenvalue weighted by Gasteiger charge is 2.09. The Morgan fingerprint density at radius 2 is 2.11 bits per heavy atom. The first-order valence-electron chi connectivity index (χ1n) is 5.82. The first-order valence-corrected chi connectivity index (χ1v) is 6.61. The predicted octanol–water partition coefficient (Wildman–Crippen LogP) is 3.59. The van der Waals surface area contributed by atoms with Gasteiger partial charge in [0.2, 0.25) is 0 Å². The van der Waals surface area contributed by atoms with Crippen LogP contribution in [0.3, 0.4) is 0 Å². The first kappa shape index (κ1) is 12.3. The lowest BCUT2D eigenvalue weighted by atomic mass is 10.2. The molecular formula is C14H11BrFN3. The lowest BCUT2D eigenvalue weighted by Gasteiger charge is -1.98. The van der Waals surface area contributed by atoms with E-state index in [9.17, 15) is 4.39 Å². The van der Waals surface area contributed by atoms with Crippen molar-refractivity contribution in [1.82, 2.24) is 9.97 Å². The summed E-state index contributed by atoms with van der Waals surface area (Å²) < 4.78 is 13.7. The number of aromatic nitrogens is 2. The van der Waals surface area contributed by atoms with Crippen molar-refractivity contribution in [1.29, 1.82) is 0 Å². The molecule has 0 unspecified atom stereocenters. The van der Waals surface area contributed by atoms with Gasteiger partial charge in [-0.25, -0.2) is 9.37 Å². The molecule has 0 aliphatic heterocycles. The Labute approximate surface area is 117 Å². The molecule has 19 heavy (non-hydrogen) atoms. The molecule has 3 N–H and O–H groups in total. The number of halogens is 2. The molecule has 3 rings (SSSR count). The van der Waals surface area contributed by atoms with Gasteiger partial charge in [-0.15, -0.1) is 0 Å². The molecule has 3 nitrogen and oxygen atoms in total. The Balaban J connectivity index is 2.17. The minimum atomic E-state index is -0.289. The van der Waals surface area contributed by atoms with Crippen molar-refractivity contribution in [3.63, 3.8) is 0 Å². The van der Waals surface area contributed by atoms with Gasteiger partial charge in [0, 0.05) is 12.1 Å². The Kier molecular flexibility index (Phi) is 3.08. The van der Waals surface area contributed by atoms with Gasteiger partial charge < -0.3 is 10.7 Å². The predicted molar refractivity (Wildman–Crippen MR) is 77.1 cm³/mol. The van der Waals surface area contributed by atoms with Crippen LogP contribution < -0.4 is 5.73 Å². The van der Waals surface area contributed by atoms with Crippen LogP contribution >= 0.6 is 15.9 Å². The van der Waals surface area contributed by atoms with Crippen molar-refractivity contribution >= 4 is 27.0 Å². The molecule has 0 amide bonds. The van der Waals surface area contributed by atoms with E-state index in [0.29, 0.717) is 16.8 Å². The molecular weight excluding hydrogens is 309 g/mol. The topological polar surface area (TPSA) is 54.7 Å². The standard InChI is InChI=1S/C14H11BrFN3/c15-10-6-8(4-5-11(10)16)14-18-12-3-1-2-9(7-17)13(12)19-14/h1-6H,7,17H2,(H,18,19). The molecule has 0 spiro atoms. The van der Waals surface area contributed by atoms with Crippen LogP contribution in [0.2, 0.25) is 0 Å². The van der Waals surface area contributed by atoms with Crippen LogP contribution in [0.15, 0.2) is 40.9 Å². The average Bonchev–Trinajstić information content (AvgIpc) is 2.85. The van der Waals surface area contributed by atoms with Crippen molar-refractivity contribution in [2.75, 3.05) is 0 Å². The summed E-state index contributed by atoms with van der Waals surface area (Å²) in [5, 5.41) is 0. The van der Waals surface area contributed by atoms with E-state index in [1.807, 2.05) is 18.2 Å². The smallest absolute Gasteiger partial charge is 0.138 e. The van der Waals surface area contributed by atoms with Gasteiger partial charge in [-0.3, -0.25) is 0 Å². The molecule has 2 aromatic carbocycles. The zero-order chi connectivity index (χ0) is 13.4. The molecule has 1 heterocycles. The zero-order valence-electron chi connectivity index (χ0n) is 9.95. The first-order chi connectivity index (χ1) is 9.19. The van der Waals surface area contributed by atoms with Gasteiger partial charge in [0.1, 0.15) is 11.6 Å². The third-order valence-corrected chi connectivity index (χ3v) is 3.62. The van der Waals surface area contributed by atoms with Crippen LogP contribution in [0.5, 0.6) is 0 Å². The number of hydrogen-bond acceptors (Lipinski definition) is 2. The van der Waals surface area contributed by atoms with E-state index in [0.717, 1.165) is 22.2 Å². The van der Waals surface area contributed by atoms with Crippen LogP contribution in [-0.4, -0.2) is 9.97 Å². The van der Waals surface area contributed by atoms with Crippen molar-refractivity contribution in [2.45, 2.75) is 6.54 Å². The number of hydrogen-bond donors (Lipinski definition) is 2. The molecule has 0 bridgehead atoms. The summed E-state index contributed by atoms with van der Waals surface area (Å²) >= 11 is 3.18. The Hall–Kier alpha value is -1.72. The zero-order valence-corrected chi connectivity index (χ0v) is 11.5. The summed E-state index contributed by atoms with van der Waals surface area (Å²) in [5.41, 5.74) is 9.30. The minimum absolute atomic E-state index is 0.289. The third kappa shape index (κ3) is 2.15. The SMILES string of the molecule is NCc1cccc2[nH]c(-c3ccc(F)c(Br)c3)nc12. The molecule has 0 aliphatic carbocycles. The maximum atomic E-state index is 13.2. The van der Waals surface area contributed by atoms with Gasteiger partial charge in [-0.2, -0.15) is 0 Å². The number of nitrogens with one attached hydrogen (secondary N) is 1. The number of fused-ring (bicyclic) bond motifs is 1. The summed E-state index contributed by atoms with van der Waals surface area (Å²) in [4.78, 5) is 7.77. The number of nitrogens with two attached hydrogens (primary N) is 1. The van der Waals surface area contributed by atoms with Gasteiger partial charge in [0.05, 0.1) is 15.5 Å². The number of H-pyrrole nitrogens is 1. The summed E-state index contributed by atoms with van der Waals surface area (Å²) in [6.45, 7) is 0.439. The number of nitrogens with zero attached hydrogens (tertiary/aromatic N) is 1. The van der Waals surface area contributed by atoms with Crippen LogP contribution in [0.25, 0.3) is 22.4 Å². The molecule has 0 atom stereocenters. The van der Waals surface area contributed by atoms with E-state index >= 15 is 0 Å². The van der Waals surface area contributed by atoms with E-state index in [4.69, 9.17) is 5.73 Å². The second-order valence-corrected chi connectivity index (χ2v) is 5.09. The molecule has 5 heteroatoms. The molecule has 3 aromatic rings. The van der Waals surface area contributed by atoms with Gasteiger partial charge >= 0.3 is 0 Å². The van der Waals surface area contributed by atoms with Crippen LogP contribution in [0.1, 0.15) is 5.56 Å². The molecule has 0 saturated heterocycles. The fraction of sp³-hybridized carbons (Fsp3) is 0.0714. The largest absolute Gasteiger partial charge is 0.338 e. The van der Waals surface area contributed by atoms with E-state index in [1.54, 1.807) is 12.1 Å². The Bertz CT molecular complexity index is 752. The fourth-order valence-corrected chi connectivity index (χ4v) is 2.42. The van der Waals surface area contributed by atoms with Gasteiger partial charge in [0.25, 0.3) is 0 Å². The Morgan fingerprint density at radius 1 is 1.26 bits per heavy atom. The quantitative estimate of drug-likeness (QED) is 0.758. The van der Waals surface area contributed by atoms with Crippen molar-refractivity contribution in [2.24, 2.45) is 5.73 Å². The molecule has 0 aliphatic rings. The summed E-state index contributed by atoms with van der Waals surface area (Å²) in [6.07, 6.45) is 0.